The van der Waals surface area contributed by atoms with E-state index in [0.717, 1.165) is 12.8 Å². The molecule has 0 saturated carbocycles. The molecular formula is C8H17F3O3SSi. The molecule has 0 atom stereocenters. The van der Waals surface area contributed by atoms with Crippen molar-refractivity contribution < 1.29 is 25.5 Å². The fourth-order valence-corrected chi connectivity index (χ4v) is 5.38. The molecule has 8 heteroatoms. The fourth-order valence-electron chi connectivity index (χ4n) is 1.19. The van der Waals surface area contributed by atoms with Crippen molar-refractivity contribution in [2.24, 2.45) is 0 Å². The first-order chi connectivity index (χ1) is 7.02. The highest BCUT2D eigenvalue weighted by Gasteiger charge is 2.50. The Hall–Kier alpha value is -0.0831. The topological polar surface area (TPSA) is 43.4 Å². The maximum Gasteiger partial charge on any atom is 0.522 e. The van der Waals surface area contributed by atoms with Gasteiger partial charge < -0.3 is 3.87 Å². The number of unbranched alkanes of at least 4 members (excludes halogenated alkanes) is 2. The summed E-state index contributed by atoms with van der Waals surface area (Å²) in [5.74, 6) is 0. The second-order valence-corrected chi connectivity index (χ2v) is 10.3. The van der Waals surface area contributed by atoms with Crippen molar-refractivity contribution in [2.75, 3.05) is 0 Å². The average molecular weight is 278 g/mol. The van der Waals surface area contributed by atoms with E-state index in [1.54, 1.807) is 0 Å². The van der Waals surface area contributed by atoms with Crippen LogP contribution in [0.3, 0.4) is 0 Å². The summed E-state index contributed by atoms with van der Waals surface area (Å²) >= 11 is 0. The van der Waals surface area contributed by atoms with Crippen LogP contribution in [0.2, 0.25) is 19.1 Å². The van der Waals surface area contributed by atoms with E-state index in [9.17, 15) is 21.6 Å². The van der Waals surface area contributed by atoms with Gasteiger partial charge in [0, 0.05) is 0 Å². The molecule has 0 aromatic rings. The van der Waals surface area contributed by atoms with Gasteiger partial charge in [-0.2, -0.15) is 21.6 Å². The Labute approximate surface area is 95.2 Å². The molecule has 0 rings (SSSR count). The highest BCUT2D eigenvalue weighted by atomic mass is 32.2. The Balaban J connectivity index is 4.47. The molecule has 0 bridgehead atoms. The van der Waals surface area contributed by atoms with Crippen LogP contribution in [0.25, 0.3) is 0 Å². The summed E-state index contributed by atoms with van der Waals surface area (Å²) in [6, 6.07) is 0.413. The highest BCUT2D eigenvalue weighted by Crippen LogP contribution is 2.29. The summed E-state index contributed by atoms with van der Waals surface area (Å²) in [4.78, 5) is 0. The van der Waals surface area contributed by atoms with Crippen LogP contribution < -0.4 is 0 Å². The van der Waals surface area contributed by atoms with E-state index in [4.69, 9.17) is 0 Å². The molecule has 0 aromatic carbocycles. The lowest BCUT2D eigenvalue weighted by Crippen LogP contribution is -2.38. The van der Waals surface area contributed by atoms with Crippen LogP contribution in [-0.4, -0.2) is 22.2 Å². The van der Waals surface area contributed by atoms with Crippen LogP contribution >= 0.6 is 0 Å². The van der Waals surface area contributed by atoms with Crippen molar-refractivity contribution in [1.82, 2.24) is 0 Å². The fraction of sp³-hybridized carbons (Fsp3) is 1.00. The summed E-state index contributed by atoms with van der Waals surface area (Å²) in [5, 5.41) is 0. The molecule has 0 aromatic heterocycles. The molecule has 3 nitrogen and oxygen atoms in total. The van der Waals surface area contributed by atoms with E-state index in [1.807, 2.05) is 6.92 Å². The van der Waals surface area contributed by atoms with Gasteiger partial charge >= 0.3 is 15.6 Å². The molecule has 0 heterocycles. The van der Waals surface area contributed by atoms with Gasteiger partial charge in [-0.3, -0.25) is 0 Å². The second kappa shape index (κ2) is 5.50. The molecule has 0 amide bonds. The predicted octanol–water partition coefficient (Wildman–Crippen LogP) is 3.25. The molecule has 0 aliphatic heterocycles. The van der Waals surface area contributed by atoms with Gasteiger partial charge in [-0.25, -0.2) is 0 Å². The third-order valence-electron chi connectivity index (χ3n) is 2.00. The molecule has 0 aliphatic rings. The van der Waals surface area contributed by atoms with E-state index >= 15 is 0 Å². The first kappa shape index (κ1) is 15.9. The third-order valence-corrected chi connectivity index (χ3v) is 6.81. The predicted molar refractivity (Wildman–Crippen MR) is 57.9 cm³/mol. The highest BCUT2D eigenvalue weighted by molar-refractivity contribution is 7.88. The summed E-state index contributed by atoms with van der Waals surface area (Å²) in [7, 11) is -8.22. The van der Waals surface area contributed by atoms with E-state index < -0.39 is 23.9 Å². The Morgan fingerprint density at radius 3 is 2.06 bits per heavy atom. The Morgan fingerprint density at radius 2 is 1.69 bits per heavy atom. The zero-order valence-corrected chi connectivity index (χ0v) is 11.4. The van der Waals surface area contributed by atoms with Crippen LogP contribution in [0.1, 0.15) is 26.2 Å². The summed E-state index contributed by atoms with van der Waals surface area (Å²) in [6.45, 7) is 4.92. The third kappa shape index (κ3) is 5.31. The van der Waals surface area contributed by atoms with Gasteiger partial charge in [0.1, 0.15) is 0 Å². The van der Waals surface area contributed by atoms with Crippen LogP contribution in [0.15, 0.2) is 0 Å². The number of hydrogen-bond donors (Lipinski definition) is 0. The van der Waals surface area contributed by atoms with Crippen molar-refractivity contribution in [3.8, 4) is 0 Å². The Morgan fingerprint density at radius 1 is 1.19 bits per heavy atom. The van der Waals surface area contributed by atoms with Gasteiger partial charge in [0.15, 0.2) is 0 Å². The summed E-state index contributed by atoms with van der Waals surface area (Å²) in [5.41, 5.74) is -5.32. The average Bonchev–Trinajstić information content (AvgIpc) is 1.99. The van der Waals surface area contributed by atoms with Crippen LogP contribution in [0.5, 0.6) is 0 Å². The maximum absolute atomic E-state index is 12.1. The minimum absolute atomic E-state index is 0.413. The zero-order chi connectivity index (χ0) is 13.0. The van der Waals surface area contributed by atoms with Gasteiger partial charge in [-0.15, -0.1) is 0 Å². The maximum atomic E-state index is 12.1. The molecular weight excluding hydrogens is 261 g/mol. The molecule has 0 fully saturated rings. The van der Waals surface area contributed by atoms with E-state index in [1.165, 1.54) is 13.1 Å². The van der Waals surface area contributed by atoms with Crippen molar-refractivity contribution in [2.45, 2.75) is 50.8 Å². The van der Waals surface area contributed by atoms with Gasteiger partial charge in [-0.1, -0.05) is 26.2 Å². The van der Waals surface area contributed by atoms with Gasteiger partial charge in [0.2, 0.25) is 8.32 Å². The number of rotatable bonds is 6. The van der Waals surface area contributed by atoms with Gasteiger partial charge in [0.05, 0.1) is 0 Å². The first-order valence-electron chi connectivity index (χ1n) is 5.04. The molecule has 0 spiro atoms. The summed E-state index contributed by atoms with van der Waals surface area (Å²) < 4.78 is 62.1. The first-order valence-corrected chi connectivity index (χ1v) is 9.56. The molecule has 0 saturated heterocycles. The normalized spacial score (nSPS) is 14.1. The van der Waals surface area contributed by atoms with Crippen LogP contribution in [0, 0.1) is 0 Å². The lowest BCUT2D eigenvalue weighted by molar-refractivity contribution is -0.0503. The van der Waals surface area contributed by atoms with Crippen LogP contribution in [0.4, 0.5) is 13.2 Å². The zero-order valence-electron chi connectivity index (χ0n) is 9.60. The van der Waals surface area contributed by atoms with E-state index in [0.29, 0.717) is 12.5 Å². The lowest BCUT2D eigenvalue weighted by atomic mass is 10.3. The number of halogens is 3. The van der Waals surface area contributed by atoms with Crippen molar-refractivity contribution >= 4 is 18.4 Å². The molecule has 0 N–H and O–H groups in total. The van der Waals surface area contributed by atoms with Crippen molar-refractivity contribution in [3.63, 3.8) is 0 Å². The Bertz CT molecular complexity index is 311. The molecule has 98 valence electrons. The summed E-state index contributed by atoms with van der Waals surface area (Å²) in [6.07, 6.45) is 2.49. The molecule has 0 aliphatic carbocycles. The van der Waals surface area contributed by atoms with Gasteiger partial charge in [-0.05, 0) is 19.1 Å². The number of alkyl halides is 3. The lowest BCUT2D eigenvalue weighted by Gasteiger charge is -2.22. The van der Waals surface area contributed by atoms with Crippen LogP contribution in [-0.2, 0) is 14.0 Å². The van der Waals surface area contributed by atoms with Crippen molar-refractivity contribution in [3.05, 3.63) is 0 Å². The number of hydrogen-bond acceptors (Lipinski definition) is 3. The standard InChI is InChI=1S/C8H17F3O3SSi/c1-4-5-6-7-16(2,3)14-15(12,13)8(9,10)11/h4-7H2,1-3H3. The second-order valence-electron chi connectivity index (χ2n) is 4.20. The minimum Gasteiger partial charge on any atom is -0.308 e. The SMILES string of the molecule is CCCCC[Si](C)(C)OS(=O)(=O)C(F)(F)F. The molecule has 0 radical (unpaired) electrons. The largest absolute Gasteiger partial charge is 0.522 e. The minimum atomic E-state index is -5.43. The molecule has 16 heavy (non-hydrogen) atoms. The molecule has 0 unspecified atom stereocenters. The van der Waals surface area contributed by atoms with E-state index in [-0.39, 0.29) is 0 Å². The monoisotopic (exact) mass is 278 g/mol. The smallest absolute Gasteiger partial charge is 0.308 e. The van der Waals surface area contributed by atoms with Crippen molar-refractivity contribution in [1.29, 1.82) is 0 Å². The Kier molecular flexibility index (Phi) is 5.47. The quantitative estimate of drug-likeness (QED) is 0.425. The van der Waals surface area contributed by atoms with Gasteiger partial charge in [0.25, 0.3) is 0 Å². The van der Waals surface area contributed by atoms with E-state index in [2.05, 4.69) is 3.87 Å².